The first-order valence-corrected chi connectivity index (χ1v) is 11.7. The summed E-state index contributed by atoms with van der Waals surface area (Å²) in [4.78, 5) is 12.9. The molecule has 0 bridgehead atoms. The number of carbonyl (C=O) groups is 1. The lowest BCUT2D eigenvalue weighted by Crippen LogP contribution is -2.43. The predicted molar refractivity (Wildman–Crippen MR) is 111 cm³/mol. The summed E-state index contributed by atoms with van der Waals surface area (Å²) in [5.41, 5.74) is 0.950. The van der Waals surface area contributed by atoms with Gasteiger partial charge in [-0.3, -0.25) is 9.10 Å². The van der Waals surface area contributed by atoms with Crippen LogP contribution in [0.25, 0.3) is 0 Å². The maximum atomic E-state index is 13.5. The molecule has 1 N–H and O–H groups in total. The van der Waals surface area contributed by atoms with Crippen LogP contribution in [-0.2, 0) is 14.8 Å². The van der Waals surface area contributed by atoms with Gasteiger partial charge in [-0.2, -0.15) is 0 Å². The van der Waals surface area contributed by atoms with Gasteiger partial charge in [0.1, 0.15) is 11.9 Å². The molecular formula is C19H19ClN2O4S2. The van der Waals surface area contributed by atoms with Crippen molar-refractivity contribution in [2.75, 3.05) is 21.9 Å². The molecule has 0 radical (unpaired) electrons. The Morgan fingerprint density at radius 2 is 2.11 bits per heavy atom. The van der Waals surface area contributed by atoms with Crippen molar-refractivity contribution in [3.63, 3.8) is 0 Å². The number of nitrogens with one attached hydrogen (secondary N) is 1. The molecule has 0 unspecified atom stereocenters. The number of anilines is 2. The van der Waals surface area contributed by atoms with Gasteiger partial charge in [-0.05, 0) is 42.8 Å². The highest BCUT2D eigenvalue weighted by molar-refractivity contribution is 7.99. The highest BCUT2D eigenvalue weighted by Crippen LogP contribution is 2.40. The zero-order chi connectivity index (χ0) is 19.9. The molecule has 0 aromatic heterocycles. The number of nitrogens with zero attached hydrogens (tertiary/aromatic N) is 1. The first kappa shape index (κ1) is 19.4. The number of ether oxygens (including phenoxy) is 1. The summed E-state index contributed by atoms with van der Waals surface area (Å²) in [6.45, 7) is 2.15. The average molecular weight is 439 g/mol. The Labute approximate surface area is 173 Å². The maximum absolute atomic E-state index is 13.5. The largest absolute Gasteiger partial charge is 0.486 e. The van der Waals surface area contributed by atoms with E-state index in [1.54, 1.807) is 30.3 Å². The molecule has 2 aromatic rings. The second-order valence-electron chi connectivity index (χ2n) is 6.60. The Bertz CT molecular complexity index is 1040. The zero-order valence-electron chi connectivity index (χ0n) is 15.1. The molecule has 28 heavy (non-hydrogen) atoms. The van der Waals surface area contributed by atoms with Crippen molar-refractivity contribution in [2.24, 2.45) is 0 Å². The summed E-state index contributed by atoms with van der Waals surface area (Å²) in [7, 11) is -3.86. The molecule has 2 aromatic carbocycles. The number of hydrogen-bond acceptors (Lipinski definition) is 5. The minimum Gasteiger partial charge on any atom is -0.486 e. The van der Waals surface area contributed by atoms with Crippen LogP contribution < -0.4 is 14.4 Å². The monoisotopic (exact) mass is 438 g/mol. The van der Waals surface area contributed by atoms with Gasteiger partial charge in [0, 0.05) is 22.1 Å². The van der Waals surface area contributed by atoms with Gasteiger partial charge in [0.2, 0.25) is 5.91 Å². The van der Waals surface area contributed by atoms with E-state index < -0.39 is 10.0 Å². The molecule has 0 aliphatic carbocycles. The molecule has 4 rings (SSSR count). The fourth-order valence-corrected chi connectivity index (χ4v) is 5.84. The lowest BCUT2D eigenvalue weighted by atomic mass is 10.2. The number of rotatable bonds is 3. The van der Waals surface area contributed by atoms with Gasteiger partial charge in [-0.15, -0.1) is 11.8 Å². The Kier molecular flexibility index (Phi) is 5.20. The third-order valence-corrected chi connectivity index (χ3v) is 7.79. The summed E-state index contributed by atoms with van der Waals surface area (Å²) >= 11 is 7.64. The van der Waals surface area contributed by atoms with Crippen molar-refractivity contribution in [3.05, 3.63) is 41.4 Å². The second-order valence-corrected chi connectivity index (χ2v) is 10.0. The molecule has 9 heteroatoms. The van der Waals surface area contributed by atoms with E-state index in [0.29, 0.717) is 40.7 Å². The summed E-state index contributed by atoms with van der Waals surface area (Å²) in [5.74, 6) is 1.04. The van der Waals surface area contributed by atoms with Crippen LogP contribution in [0.2, 0.25) is 5.02 Å². The SMILES string of the molecule is CC[C@@H]1CN(S(=O)(=O)c2ccc3c(c2)NC(=O)CCS3)c2cc(Cl)ccc2O1. The number of fused-ring (bicyclic) bond motifs is 2. The van der Waals surface area contributed by atoms with E-state index in [1.165, 1.54) is 22.1 Å². The van der Waals surface area contributed by atoms with Crippen molar-refractivity contribution in [2.45, 2.75) is 35.7 Å². The van der Waals surface area contributed by atoms with E-state index in [9.17, 15) is 13.2 Å². The maximum Gasteiger partial charge on any atom is 0.264 e. The van der Waals surface area contributed by atoms with Crippen LogP contribution in [0.5, 0.6) is 5.75 Å². The quantitative estimate of drug-likeness (QED) is 0.779. The van der Waals surface area contributed by atoms with Crippen molar-refractivity contribution >= 4 is 50.7 Å². The number of carbonyl (C=O) groups excluding carboxylic acids is 1. The molecule has 1 amide bonds. The van der Waals surface area contributed by atoms with E-state index in [2.05, 4.69) is 5.32 Å². The Morgan fingerprint density at radius 3 is 2.89 bits per heavy atom. The van der Waals surface area contributed by atoms with Gasteiger partial charge in [-0.1, -0.05) is 18.5 Å². The van der Waals surface area contributed by atoms with Crippen molar-refractivity contribution in [1.29, 1.82) is 0 Å². The molecule has 2 aliphatic heterocycles. The van der Waals surface area contributed by atoms with E-state index >= 15 is 0 Å². The van der Waals surface area contributed by atoms with Crippen LogP contribution in [0, 0.1) is 0 Å². The Morgan fingerprint density at radius 1 is 1.29 bits per heavy atom. The highest BCUT2D eigenvalue weighted by atomic mass is 35.5. The molecule has 2 aliphatic rings. The van der Waals surface area contributed by atoms with E-state index in [4.69, 9.17) is 16.3 Å². The van der Waals surface area contributed by atoms with Crippen LogP contribution in [0.1, 0.15) is 19.8 Å². The van der Waals surface area contributed by atoms with Gasteiger partial charge in [-0.25, -0.2) is 8.42 Å². The molecule has 6 nitrogen and oxygen atoms in total. The molecule has 1 atom stereocenters. The lowest BCUT2D eigenvalue weighted by Gasteiger charge is -2.35. The van der Waals surface area contributed by atoms with Gasteiger partial charge >= 0.3 is 0 Å². The molecule has 2 heterocycles. The first-order chi connectivity index (χ1) is 13.4. The molecule has 148 valence electrons. The standard InChI is InChI=1S/C19H19ClN2O4S2/c1-2-13-11-22(16-9-12(20)3-5-17(16)26-13)28(24,25)14-4-6-18-15(10-14)21-19(23)7-8-27-18/h3-6,9-10,13H,2,7-8,11H2,1H3,(H,21,23)/t13-/m1/s1. The van der Waals surface area contributed by atoms with Crippen molar-refractivity contribution in [3.8, 4) is 5.75 Å². The predicted octanol–water partition coefficient (Wildman–Crippen LogP) is 4.14. The summed E-state index contributed by atoms with van der Waals surface area (Å²) in [6, 6.07) is 9.82. The fourth-order valence-electron chi connectivity index (χ4n) is 3.21. The van der Waals surface area contributed by atoms with E-state index in [-0.39, 0.29) is 23.5 Å². The Hall–Kier alpha value is -1.90. The first-order valence-electron chi connectivity index (χ1n) is 8.94. The number of benzene rings is 2. The van der Waals surface area contributed by atoms with Crippen molar-refractivity contribution in [1.82, 2.24) is 0 Å². The van der Waals surface area contributed by atoms with Gasteiger partial charge in [0.05, 0.1) is 22.8 Å². The number of halogens is 1. The second kappa shape index (κ2) is 7.50. The van der Waals surface area contributed by atoms with Crippen molar-refractivity contribution < 1.29 is 17.9 Å². The van der Waals surface area contributed by atoms with Crippen LogP contribution in [0.15, 0.2) is 46.2 Å². The van der Waals surface area contributed by atoms with E-state index in [0.717, 1.165) is 4.90 Å². The average Bonchev–Trinajstić information content (AvgIpc) is 2.86. The molecule has 0 spiro atoms. The lowest BCUT2D eigenvalue weighted by molar-refractivity contribution is -0.115. The third-order valence-electron chi connectivity index (χ3n) is 4.71. The van der Waals surface area contributed by atoms with E-state index in [1.807, 2.05) is 6.92 Å². The summed E-state index contributed by atoms with van der Waals surface area (Å²) < 4.78 is 34.2. The minimum atomic E-state index is -3.86. The summed E-state index contributed by atoms with van der Waals surface area (Å²) in [5, 5.41) is 3.23. The van der Waals surface area contributed by atoms with Gasteiger partial charge in [0.15, 0.2) is 0 Å². The third kappa shape index (κ3) is 3.56. The molecular weight excluding hydrogens is 420 g/mol. The normalized spacial score (nSPS) is 19.1. The number of thioether (sulfide) groups is 1. The van der Waals surface area contributed by atoms with Crippen LogP contribution in [0.4, 0.5) is 11.4 Å². The minimum absolute atomic E-state index is 0.115. The van der Waals surface area contributed by atoms with Gasteiger partial charge in [0.25, 0.3) is 10.0 Å². The summed E-state index contributed by atoms with van der Waals surface area (Å²) in [6.07, 6.45) is 0.819. The fraction of sp³-hybridized carbons (Fsp3) is 0.316. The van der Waals surface area contributed by atoms with Crippen LogP contribution >= 0.6 is 23.4 Å². The number of amides is 1. The topological polar surface area (TPSA) is 75.7 Å². The molecule has 0 saturated heterocycles. The van der Waals surface area contributed by atoms with Crippen LogP contribution in [-0.4, -0.2) is 32.7 Å². The zero-order valence-corrected chi connectivity index (χ0v) is 17.5. The van der Waals surface area contributed by atoms with Gasteiger partial charge < -0.3 is 10.1 Å². The van der Waals surface area contributed by atoms with Crippen LogP contribution in [0.3, 0.4) is 0 Å². The Balaban J connectivity index is 1.78. The number of sulfonamides is 1. The molecule has 0 saturated carbocycles. The molecule has 0 fully saturated rings. The highest BCUT2D eigenvalue weighted by Gasteiger charge is 2.34. The smallest absolute Gasteiger partial charge is 0.264 e. The number of hydrogen-bond donors (Lipinski definition) is 1.